The van der Waals surface area contributed by atoms with Crippen LogP contribution in [0.4, 0.5) is 0 Å². The van der Waals surface area contributed by atoms with Gasteiger partial charge in [-0.2, -0.15) is 12.6 Å². The normalized spacial score (nSPS) is 10.4. The molecule has 134 valence electrons. The minimum atomic E-state index is -0.526. The van der Waals surface area contributed by atoms with Crippen LogP contribution in [0.15, 0.2) is 0 Å². The van der Waals surface area contributed by atoms with Crippen molar-refractivity contribution in [3.8, 4) is 0 Å². The standard InChI is InChI=1S/C15H27NO6S/c1-3-14(18)21-10-12(11-22-15(19)4-2)20-8-5-6-13(17)16-7-9-23/h12,23H,3-11H2,1-2H3,(H,16,17). The zero-order valence-corrected chi connectivity index (χ0v) is 14.7. The fourth-order valence-corrected chi connectivity index (χ4v) is 1.60. The van der Waals surface area contributed by atoms with Gasteiger partial charge in [0.1, 0.15) is 19.3 Å². The number of thiol groups is 1. The lowest BCUT2D eigenvalue weighted by atomic mass is 10.3. The minimum absolute atomic E-state index is 0.0233. The van der Waals surface area contributed by atoms with E-state index in [-0.39, 0.29) is 43.9 Å². The molecule has 8 heteroatoms. The lowest BCUT2D eigenvalue weighted by Crippen LogP contribution is -2.29. The van der Waals surface area contributed by atoms with E-state index < -0.39 is 6.10 Å². The van der Waals surface area contributed by atoms with Crippen molar-refractivity contribution in [1.29, 1.82) is 0 Å². The highest BCUT2D eigenvalue weighted by Crippen LogP contribution is 2.01. The molecule has 0 aliphatic heterocycles. The van der Waals surface area contributed by atoms with E-state index in [0.717, 1.165) is 0 Å². The first-order valence-electron chi connectivity index (χ1n) is 7.83. The lowest BCUT2D eigenvalue weighted by molar-refractivity contribution is -0.154. The van der Waals surface area contributed by atoms with Crippen molar-refractivity contribution >= 4 is 30.5 Å². The summed E-state index contributed by atoms with van der Waals surface area (Å²) in [5.41, 5.74) is 0. The van der Waals surface area contributed by atoms with Gasteiger partial charge in [-0.3, -0.25) is 14.4 Å². The summed E-state index contributed by atoms with van der Waals surface area (Å²) in [4.78, 5) is 33.8. The maximum atomic E-state index is 11.4. The van der Waals surface area contributed by atoms with Gasteiger partial charge in [0.25, 0.3) is 0 Å². The Morgan fingerprint density at radius 3 is 2.09 bits per heavy atom. The maximum absolute atomic E-state index is 11.4. The lowest BCUT2D eigenvalue weighted by Gasteiger charge is -2.17. The largest absolute Gasteiger partial charge is 0.463 e. The van der Waals surface area contributed by atoms with Crippen LogP contribution >= 0.6 is 12.6 Å². The van der Waals surface area contributed by atoms with Crippen molar-refractivity contribution in [3.63, 3.8) is 0 Å². The monoisotopic (exact) mass is 349 g/mol. The average molecular weight is 349 g/mol. The van der Waals surface area contributed by atoms with E-state index in [1.54, 1.807) is 13.8 Å². The van der Waals surface area contributed by atoms with E-state index >= 15 is 0 Å². The Hall–Kier alpha value is -1.28. The van der Waals surface area contributed by atoms with Crippen molar-refractivity contribution in [1.82, 2.24) is 5.32 Å². The summed E-state index contributed by atoms with van der Waals surface area (Å²) in [6.07, 6.45) is 0.878. The number of esters is 2. The number of rotatable bonds is 13. The Kier molecular flexibility index (Phi) is 13.5. The first-order valence-corrected chi connectivity index (χ1v) is 8.47. The van der Waals surface area contributed by atoms with Crippen LogP contribution in [0.25, 0.3) is 0 Å². The smallest absolute Gasteiger partial charge is 0.305 e. The molecule has 0 bridgehead atoms. The minimum Gasteiger partial charge on any atom is -0.463 e. The average Bonchev–Trinajstić information content (AvgIpc) is 2.57. The van der Waals surface area contributed by atoms with E-state index in [4.69, 9.17) is 14.2 Å². The van der Waals surface area contributed by atoms with E-state index in [1.165, 1.54) is 0 Å². The fourth-order valence-electron chi connectivity index (χ4n) is 1.49. The summed E-state index contributed by atoms with van der Waals surface area (Å²) in [6, 6.07) is 0. The summed E-state index contributed by atoms with van der Waals surface area (Å²) in [6.45, 7) is 4.28. The first kappa shape index (κ1) is 21.7. The second-order valence-corrected chi connectivity index (χ2v) is 5.19. The fraction of sp³-hybridized carbons (Fsp3) is 0.800. The molecule has 0 rings (SSSR count). The zero-order valence-electron chi connectivity index (χ0n) is 13.8. The van der Waals surface area contributed by atoms with Crippen molar-refractivity contribution < 1.29 is 28.6 Å². The molecule has 7 nitrogen and oxygen atoms in total. The molecule has 1 N–H and O–H groups in total. The van der Waals surface area contributed by atoms with Gasteiger partial charge >= 0.3 is 11.9 Å². The van der Waals surface area contributed by atoms with Crippen molar-refractivity contribution in [2.24, 2.45) is 0 Å². The van der Waals surface area contributed by atoms with Gasteiger partial charge in [-0.25, -0.2) is 0 Å². The molecule has 23 heavy (non-hydrogen) atoms. The number of amides is 1. The summed E-state index contributed by atoms with van der Waals surface area (Å²) in [7, 11) is 0. The van der Waals surface area contributed by atoms with Crippen LogP contribution in [-0.2, 0) is 28.6 Å². The number of hydrogen-bond donors (Lipinski definition) is 2. The van der Waals surface area contributed by atoms with Gasteiger partial charge in [0.05, 0.1) is 0 Å². The maximum Gasteiger partial charge on any atom is 0.305 e. The van der Waals surface area contributed by atoms with Gasteiger partial charge in [0.2, 0.25) is 5.91 Å². The molecule has 0 radical (unpaired) electrons. The van der Waals surface area contributed by atoms with Crippen LogP contribution in [0.5, 0.6) is 0 Å². The summed E-state index contributed by atoms with van der Waals surface area (Å²) >= 11 is 4.00. The Bertz CT molecular complexity index is 344. The van der Waals surface area contributed by atoms with Gasteiger partial charge in [0, 0.05) is 38.2 Å². The molecule has 0 aromatic rings. The molecular formula is C15H27NO6S. The second-order valence-electron chi connectivity index (χ2n) is 4.74. The number of carbonyl (C=O) groups excluding carboxylic acids is 3. The molecule has 0 aliphatic carbocycles. The van der Waals surface area contributed by atoms with Crippen molar-refractivity contribution in [2.75, 3.05) is 32.1 Å². The Balaban J connectivity index is 4.05. The molecule has 1 amide bonds. The highest BCUT2D eigenvalue weighted by Gasteiger charge is 2.15. The Labute approximate surface area is 142 Å². The summed E-state index contributed by atoms with van der Waals surface area (Å²) in [5.74, 6) is -0.150. The van der Waals surface area contributed by atoms with Crippen LogP contribution in [0, 0.1) is 0 Å². The molecule has 0 aliphatic rings. The van der Waals surface area contributed by atoms with Gasteiger partial charge in [-0.15, -0.1) is 0 Å². The van der Waals surface area contributed by atoms with Gasteiger partial charge < -0.3 is 19.5 Å². The van der Waals surface area contributed by atoms with Crippen LogP contribution in [0.2, 0.25) is 0 Å². The molecule has 0 heterocycles. The Morgan fingerprint density at radius 2 is 1.61 bits per heavy atom. The van der Waals surface area contributed by atoms with Crippen LogP contribution in [0.3, 0.4) is 0 Å². The summed E-state index contributed by atoms with van der Waals surface area (Å²) < 4.78 is 15.6. The third kappa shape index (κ3) is 12.9. The topological polar surface area (TPSA) is 90.9 Å². The predicted molar refractivity (Wildman–Crippen MR) is 88.3 cm³/mol. The van der Waals surface area contributed by atoms with Crippen LogP contribution in [-0.4, -0.2) is 56.1 Å². The van der Waals surface area contributed by atoms with Crippen molar-refractivity contribution in [2.45, 2.75) is 45.6 Å². The number of hydrogen-bond acceptors (Lipinski definition) is 7. The molecule has 0 spiro atoms. The quantitative estimate of drug-likeness (QED) is 0.294. The van der Waals surface area contributed by atoms with Crippen LogP contribution < -0.4 is 5.32 Å². The van der Waals surface area contributed by atoms with Crippen LogP contribution in [0.1, 0.15) is 39.5 Å². The third-order valence-electron chi connectivity index (χ3n) is 2.77. The molecule has 0 aromatic carbocycles. The molecule has 0 fully saturated rings. The molecule has 0 aromatic heterocycles. The molecule has 0 saturated heterocycles. The number of nitrogens with one attached hydrogen (secondary N) is 1. The van der Waals surface area contributed by atoms with Crippen molar-refractivity contribution in [3.05, 3.63) is 0 Å². The van der Waals surface area contributed by atoms with Gasteiger partial charge in [-0.1, -0.05) is 13.8 Å². The first-order chi connectivity index (χ1) is 11.0. The molecule has 0 saturated carbocycles. The Morgan fingerprint density at radius 1 is 1.04 bits per heavy atom. The predicted octanol–water partition coefficient (Wildman–Crippen LogP) is 1.10. The zero-order chi connectivity index (χ0) is 17.5. The SMILES string of the molecule is CCC(=O)OCC(COC(=O)CC)OCCCC(=O)NCCS. The molecule has 0 atom stereocenters. The van der Waals surface area contributed by atoms with E-state index in [9.17, 15) is 14.4 Å². The third-order valence-corrected chi connectivity index (χ3v) is 3.00. The highest BCUT2D eigenvalue weighted by atomic mass is 32.1. The van der Waals surface area contributed by atoms with E-state index in [1.807, 2.05) is 0 Å². The summed E-state index contributed by atoms with van der Waals surface area (Å²) in [5, 5.41) is 2.71. The van der Waals surface area contributed by atoms with Gasteiger partial charge in [0.15, 0.2) is 0 Å². The highest BCUT2D eigenvalue weighted by molar-refractivity contribution is 7.80. The van der Waals surface area contributed by atoms with Gasteiger partial charge in [-0.05, 0) is 6.42 Å². The number of ether oxygens (including phenoxy) is 3. The second kappa shape index (κ2) is 14.3. The van der Waals surface area contributed by atoms with E-state index in [0.29, 0.717) is 31.7 Å². The molecular weight excluding hydrogens is 322 g/mol. The van der Waals surface area contributed by atoms with E-state index in [2.05, 4.69) is 17.9 Å². The molecule has 0 unspecified atom stereocenters. The number of carbonyl (C=O) groups is 3.